The molecule has 1 amide bonds. The van der Waals surface area contributed by atoms with Crippen LogP contribution in [0, 0.1) is 6.92 Å². The zero-order chi connectivity index (χ0) is 34.2. The number of aryl methyl sites for hydroxylation is 2. The highest BCUT2D eigenvalue weighted by Gasteiger charge is 2.32. The third-order valence-corrected chi connectivity index (χ3v) is 8.74. The SMILES string of the molecule is Cc1ccc(C(=O)Nc2cc(C(F)(F)F)ccc2N2CCOCC2)cc1Oc1ncccc1-c1ccnc(CCCCN2CCOCC2)c1. The maximum Gasteiger partial charge on any atom is 0.416 e. The fraction of sp³-hybridized carbons (Fsp3) is 0.378. The Hall–Kier alpha value is -4.52. The number of hydrogen-bond acceptors (Lipinski definition) is 8. The van der Waals surface area contributed by atoms with E-state index < -0.39 is 17.6 Å². The van der Waals surface area contributed by atoms with Crippen molar-refractivity contribution in [2.75, 3.05) is 69.4 Å². The van der Waals surface area contributed by atoms with Crippen LogP contribution in [-0.4, -0.2) is 79.9 Å². The molecular weight excluding hydrogens is 635 g/mol. The third kappa shape index (κ3) is 8.94. The van der Waals surface area contributed by atoms with E-state index in [1.54, 1.807) is 30.6 Å². The molecule has 9 nitrogen and oxygen atoms in total. The van der Waals surface area contributed by atoms with Crippen LogP contribution < -0.4 is 15.0 Å². The molecule has 49 heavy (non-hydrogen) atoms. The molecule has 0 atom stereocenters. The van der Waals surface area contributed by atoms with E-state index in [2.05, 4.69) is 26.3 Å². The lowest BCUT2D eigenvalue weighted by molar-refractivity contribution is -0.137. The average molecular weight is 676 g/mol. The van der Waals surface area contributed by atoms with Gasteiger partial charge in [-0.2, -0.15) is 13.2 Å². The molecule has 2 aliphatic heterocycles. The third-order valence-electron chi connectivity index (χ3n) is 8.74. The van der Waals surface area contributed by atoms with Crippen LogP contribution in [0.3, 0.4) is 0 Å². The summed E-state index contributed by atoms with van der Waals surface area (Å²) in [5, 5.41) is 2.72. The number of alkyl halides is 3. The lowest BCUT2D eigenvalue weighted by Crippen LogP contribution is -2.36. The van der Waals surface area contributed by atoms with Crippen LogP contribution in [0.2, 0.25) is 0 Å². The van der Waals surface area contributed by atoms with Gasteiger partial charge in [0.15, 0.2) is 0 Å². The number of carbonyl (C=O) groups is 1. The van der Waals surface area contributed by atoms with Gasteiger partial charge >= 0.3 is 6.18 Å². The van der Waals surface area contributed by atoms with Gasteiger partial charge in [-0.15, -0.1) is 0 Å². The van der Waals surface area contributed by atoms with Crippen molar-refractivity contribution in [2.45, 2.75) is 32.4 Å². The number of hydrogen-bond donors (Lipinski definition) is 1. The predicted molar refractivity (Wildman–Crippen MR) is 181 cm³/mol. The van der Waals surface area contributed by atoms with Crippen molar-refractivity contribution in [1.29, 1.82) is 0 Å². The quantitative estimate of drug-likeness (QED) is 0.170. The molecular formula is C37H40F3N5O4. The molecule has 0 unspecified atom stereocenters. The lowest BCUT2D eigenvalue weighted by atomic mass is 10.1. The number of unbranched alkanes of at least 4 members (excludes halogenated alkanes) is 1. The van der Waals surface area contributed by atoms with Gasteiger partial charge < -0.3 is 24.4 Å². The van der Waals surface area contributed by atoms with Crippen LogP contribution >= 0.6 is 0 Å². The van der Waals surface area contributed by atoms with E-state index >= 15 is 0 Å². The maximum absolute atomic E-state index is 13.6. The molecule has 0 radical (unpaired) electrons. The van der Waals surface area contributed by atoms with Crippen molar-refractivity contribution in [3.8, 4) is 22.8 Å². The molecule has 1 N–H and O–H groups in total. The van der Waals surface area contributed by atoms with E-state index in [1.807, 2.05) is 30.0 Å². The highest BCUT2D eigenvalue weighted by molar-refractivity contribution is 6.06. The number of morpholine rings is 2. The van der Waals surface area contributed by atoms with E-state index in [-0.39, 0.29) is 11.3 Å². The van der Waals surface area contributed by atoms with E-state index in [1.165, 1.54) is 6.07 Å². The monoisotopic (exact) mass is 675 g/mol. The molecule has 0 bridgehead atoms. The molecule has 0 aliphatic carbocycles. The average Bonchev–Trinajstić information content (AvgIpc) is 3.12. The number of benzene rings is 2. The molecule has 6 rings (SSSR count). The minimum atomic E-state index is -4.56. The van der Waals surface area contributed by atoms with Crippen LogP contribution in [0.1, 0.15) is 40.0 Å². The zero-order valence-electron chi connectivity index (χ0n) is 27.5. The zero-order valence-corrected chi connectivity index (χ0v) is 27.5. The van der Waals surface area contributed by atoms with Crippen molar-refractivity contribution in [1.82, 2.24) is 14.9 Å². The van der Waals surface area contributed by atoms with Crippen LogP contribution in [0.25, 0.3) is 11.1 Å². The predicted octanol–water partition coefficient (Wildman–Crippen LogP) is 7.01. The number of ether oxygens (including phenoxy) is 3. The molecule has 4 aromatic rings. The number of anilines is 2. The molecule has 2 aromatic heterocycles. The number of carbonyl (C=O) groups excluding carboxylic acids is 1. The van der Waals surface area contributed by atoms with Gasteiger partial charge in [0, 0.05) is 55.4 Å². The second-order valence-electron chi connectivity index (χ2n) is 12.2. The first-order valence-electron chi connectivity index (χ1n) is 16.6. The molecule has 12 heteroatoms. The summed E-state index contributed by atoms with van der Waals surface area (Å²) >= 11 is 0. The molecule has 4 heterocycles. The lowest BCUT2D eigenvalue weighted by Gasteiger charge is -2.31. The van der Waals surface area contributed by atoms with Crippen LogP contribution in [-0.2, 0) is 22.1 Å². The highest BCUT2D eigenvalue weighted by atomic mass is 19.4. The molecule has 2 aromatic carbocycles. The summed E-state index contributed by atoms with van der Waals surface area (Å²) in [6.07, 6.45) is 1.82. The Balaban J connectivity index is 1.18. The molecule has 2 aliphatic rings. The van der Waals surface area contributed by atoms with E-state index in [9.17, 15) is 18.0 Å². The second kappa shape index (κ2) is 15.8. The number of amides is 1. The van der Waals surface area contributed by atoms with E-state index in [4.69, 9.17) is 14.2 Å². The first-order valence-corrected chi connectivity index (χ1v) is 16.6. The summed E-state index contributed by atoms with van der Waals surface area (Å²) in [7, 11) is 0. The van der Waals surface area contributed by atoms with Gasteiger partial charge in [0.25, 0.3) is 5.91 Å². The van der Waals surface area contributed by atoms with Gasteiger partial charge in [-0.3, -0.25) is 14.7 Å². The van der Waals surface area contributed by atoms with Crippen LogP contribution in [0.5, 0.6) is 11.6 Å². The summed E-state index contributed by atoms with van der Waals surface area (Å²) in [4.78, 5) is 27.0. The number of nitrogens with one attached hydrogen (secondary N) is 1. The summed E-state index contributed by atoms with van der Waals surface area (Å²) in [6.45, 7) is 8.34. The molecule has 2 saturated heterocycles. The minimum absolute atomic E-state index is 0.0753. The minimum Gasteiger partial charge on any atom is -0.438 e. The van der Waals surface area contributed by atoms with E-state index in [0.29, 0.717) is 43.6 Å². The Bertz CT molecular complexity index is 1740. The van der Waals surface area contributed by atoms with Crippen molar-refractivity contribution >= 4 is 17.3 Å². The van der Waals surface area contributed by atoms with Gasteiger partial charge in [0.05, 0.1) is 43.4 Å². The number of rotatable bonds is 11. The highest BCUT2D eigenvalue weighted by Crippen LogP contribution is 2.37. The Kier molecular flexibility index (Phi) is 11.1. The fourth-order valence-corrected chi connectivity index (χ4v) is 5.98. The molecule has 0 saturated carbocycles. The summed E-state index contributed by atoms with van der Waals surface area (Å²) < 4.78 is 58.1. The topological polar surface area (TPSA) is 89.1 Å². The van der Waals surface area contributed by atoms with Gasteiger partial charge in [-0.25, -0.2) is 4.98 Å². The normalized spacial score (nSPS) is 15.6. The number of halogens is 3. The molecule has 0 spiro atoms. The van der Waals surface area contributed by atoms with Crippen LogP contribution in [0.4, 0.5) is 24.5 Å². The fourth-order valence-electron chi connectivity index (χ4n) is 5.98. The maximum atomic E-state index is 13.6. The van der Waals surface area contributed by atoms with Crippen molar-refractivity contribution in [3.05, 3.63) is 95.4 Å². The summed E-state index contributed by atoms with van der Waals surface area (Å²) in [6, 6.07) is 16.1. The number of pyridine rings is 2. The van der Waals surface area contributed by atoms with Crippen molar-refractivity contribution in [2.24, 2.45) is 0 Å². The Morgan fingerprint density at radius 1 is 0.898 bits per heavy atom. The largest absolute Gasteiger partial charge is 0.438 e. The first-order chi connectivity index (χ1) is 23.7. The van der Waals surface area contributed by atoms with Gasteiger partial charge in [0.1, 0.15) is 5.75 Å². The molecule has 2 fully saturated rings. The summed E-state index contributed by atoms with van der Waals surface area (Å²) in [5.74, 6) is 0.204. The molecule has 258 valence electrons. The first kappa shape index (κ1) is 34.3. The van der Waals surface area contributed by atoms with E-state index in [0.717, 1.165) is 86.6 Å². The Morgan fingerprint density at radius 3 is 2.45 bits per heavy atom. The van der Waals surface area contributed by atoms with Crippen LogP contribution in [0.15, 0.2) is 73.1 Å². The van der Waals surface area contributed by atoms with Crippen molar-refractivity contribution < 1.29 is 32.2 Å². The standard InChI is InChI=1S/C37H40F3N5O4/c1-26-7-8-28(35(46)43-32-25-29(37(38,39)40)9-10-33(32)45-17-21-48-22-18-45)24-34(26)49-36-31(6-4-12-42-36)27-11-13-41-30(23-27)5-2-3-14-44-15-19-47-20-16-44/h4,6-13,23-25H,2-3,5,14-22H2,1H3,(H,43,46). The van der Waals surface area contributed by atoms with Gasteiger partial charge in [-0.1, -0.05) is 6.07 Å². The van der Waals surface area contributed by atoms with Gasteiger partial charge in [-0.05, 0) is 98.5 Å². The Morgan fingerprint density at radius 2 is 1.67 bits per heavy atom. The Labute approximate surface area is 284 Å². The van der Waals surface area contributed by atoms with Crippen molar-refractivity contribution in [3.63, 3.8) is 0 Å². The smallest absolute Gasteiger partial charge is 0.416 e. The number of nitrogens with zero attached hydrogens (tertiary/aromatic N) is 4. The summed E-state index contributed by atoms with van der Waals surface area (Å²) in [5.41, 5.74) is 3.38. The van der Waals surface area contributed by atoms with Gasteiger partial charge in [0.2, 0.25) is 5.88 Å². The second-order valence-corrected chi connectivity index (χ2v) is 12.2. The number of aromatic nitrogens is 2.